The Morgan fingerprint density at radius 3 is 1.82 bits per heavy atom. The van der Waals surface area contributed by atoms with Crippen LogP contribution < -0.4 is 0 Å². The Labute approximate surface area is 140 Å². The topological polar surface area (TPSA) is 27.7 Å². The highest BCUT2D eigenvalue weighted by molar-refractivity contribution is 6.74. The Bertz CT molecular complexity index is 367. The zero-order valence-electron chi connectivity index (χ0n) is 16.5. The van der Waals surface area contributed by atoms with Crippen molar-refractivity contribution in [3.8, 4) is 0 Å². The van der Waals surface area contributed by atoms with Crippen LogP contribution in [0.4, 0.5) is 0 Å². The van der Waals surface area contributed by atoms with Gasteiger partial charge in [0.15, 0.2) is 16.6 Å². The van der Waals surface area contributed by atoms with E-state index in [0.29, 0.717) is 5.92 Å². The minimum Gasteiger partial charge on any atom is -0.416 e. The summed E-state index contributed by atoms with van der Waals surface area (Å²) in [5.41, 5.74) is 0. The fraction of sp³-hybridized carbons (Fsp3) is 1.00. The maximum absolute atomic E-state index is 6.58. The van der Waals surface area contributed by atoms with Crippen LogP contribution in [0.25, 0.3) is 0 Å². The van der Waals surface area contributed by atoms with Crippen molar-refractivity contribution in [2.45, 2.75) is 83.9 Å². The highest BCUT2D eigenvalue weighted by atomic mass is 28.4. The Balaban J connectivity index is 2.65. The fourth-order valence-electron chi connectivity index (χ4n) is 1.95. The maximum atomic E-state index is 6.58. The third-order valence-electron chi connectivity index (χ3n) is 5.86. The summed E-state index contributed by atoms with van der Waals surface area (Å²) in [4.78, 5) is 0. The first kappa shape index (κ1) is 20.4. The van der Waals surface area contributed by atoms with Crippen LogP contribution in [0.3, 0.4) is 0 Å². The van der Waals surface area contributed by atoms with Crippen LogP contribution in [-0.2, 0) is 13.6 Å². The smallest absolute Gasteiger partial charge is 0.192 e. The van der Waals surface area contributed by atoms with Gasteiger partial charge < -0.3 is 13.6 Å². The zero-order valence-corrected chi connectivity index (χ0v) is 18.5. The minimum atomic E-state index is -1.75. The molecule has 1 aliphatic heterocycles. The molecule has 0 amide bonds. The van der Waals surface area contributed by atoms with Gasteiger partial charge in [0.2, 0.25) is 0 Å². The van der Waals surface area contributed by atoms with Gasteiger partial charge in [-0.15, -0.1) is 0 Å². The molecule has 5 heteroatoms. The molecule has 22 heavy (non-hydrogen) atoms. The molecule has 0 aliphatic carbocycles. The molecule has 0 aromatic rings. The standard InChI is InChI=1S/C17H38O3Si2/c1-16(2,3)21(7,8)19-12-14-11-18-13-15(14)20-22(9,10)17(4,5)6/h14-15H,11-13H2,1-10H3/t14-,15-/m1/s1. The molecule has 3 nitrogen and oxygen atoms in total. The van der Waals surface area contributed by atoms with E-state index in [1.165, 1.54) is 0 Å². The number of hydrogen-bond donors (Lipinski definition) is 0. The fourth-order valence-corrected chi connectivity index (χ4v) is 4.39. The van der Waals surface area contributed by atoms with E-state index in [4.69, 9.17) is 13.6 Å². The average Bonchev–Trinajstić information content (AvgIpc) is 2.70. The van der Waals surface area contributed by atoms with E-state index in [-0.39, 0.29) is 16.2 Å². The van der Waals surface area contributed by atoms with Gasteiger partial charge in [-0.2, -0.15) is 0 Å². The van der Waals surface area contributed by atoms with E-state index >= 15 is 0 Å². The normalized spacial score (nSPS) is 24.8. The third kappa shape index (κ3) is 4.90. The molecule has 2 atom stereocenters. The van der Waals surface area contributed by atoms with Gasteiger partial charge >= 0.3 is 0 Å². The zero-order chi connectivity index (χ0) is 17.4. The van der Waals surface area contributed by atoms with Gasteiger partial charge in [0.1, 0.15) is 0 Å². The van der Waals surface area contributed by atoms with E-state index < -0.39 is 16.6 Å². The van der Waals surface area contributed by atoms with Crippen molar-refractivity contribution in [3.05, 3.63) is 0 Å². The SMILES string of the molecule is CC(C)(C)[Si](C)(C)OC[C@H]1COC[C@H]1O[Si](C)(C)C(C)(C)C. The molecular weight excluding hydrogens is 308 g/mol. The average molecular weight is 347 g/mol. The molecule has 0 aromatic carbocycles. The van der Waals surface area contributed by atoms with Crippen molar-refractivity contribution in [2.75, 3.05) is 19.8 Å². The lowest BCUT2D eigenvalue weighted by Crippen LogP contribution is -2.47. The summed E-state index contributed by atoms with van der Waals surface area (Å²) in [6.45, 7) is 25.2. The molecule has 0 unspecified atom stereocenters. The van der Waals surface area contributed by atoms with Crippen molar-refractivity contribution in [2.24, 2.45) is 5.92 Å². The van der Waals surface area contributed by atoms with Crippen LogP contribution in [0.15, 0.2) is 0 Å². The molecular formula is C17H38O3Si2. The van der Waals surface area contributed by atoms with Gasteiger partial charge in [0.25, 0.3) is 0 Å². The molecule has 0 spiro atoms. The van der Waals surface area contributed by atoms with Gasteiger partial charge in [0.05, 0.1) is 19.3 Å². The Hall–Kier alpha value is 0.314. The van der Waals surface area contributed by atoms with Crippen LogP contribution in [0, 0.1) is 5.92 Å². The van der Waals surface area contributed by atoms with Gasteiger partial charge in [-0.05, 0) is 36.3 Å². The van der Waals surface area contributed by atoms with Crippen LogP contribution in [0.1, 0.15) is 41.5 Å². The number of hydrogen-bond acceptors (Lipinski definition) is 3. The van der Waals surface area contributed by atoms with Crippen molar-refractivity contribution in [1.82, 2.24) is 0 Å². The molecule has 0 aromatic heterocycles. The monoisotopic (exact) mass is 346 g/mol. The Morgan fingerprint density at radius 2 is 1.36 bits per heavy atom. The quantitative estimate of drug-likeness (QED) is 0.652. The van der Waals surface area contributed by atoms with Crippen LogP contribution in [0.5, 0.6) is 0 Å². The molecule has 1 heterocycles. The molecule has 132 valence electrons. The second-order valence-corrected chi connectivity index (χ2v) is 19.4. The van der Waals surface area contributed by atoms with E-state index in [0.717, 1.165) is 19.8 Å². The van der Waals surface area contributed by atoms with Crippen LogP contribution in [-0.4, -0.2) is 42.6 Å². The second kappa shape index (κ2) is 6.67. The number of ether oxygens (including phenoxy) is 1. The Morgan fingerprint density at radius 1 is 0.864 bits per heavy atom. The molecule has 1 aliphatic rings. The molecule has 0 radical (unpaired) electrons. The van der Waals surface area contributed by atoms with E-state index in [9.17, 15) is 0 Å². The lowest BCUT2D eigenvalue weighted by Gasteiger charge is -2.40. The minimum absolute atomic E-state index is 0.200. The lowest BCUT2D eigenvalue weighted by molar-refractivity contribution is 0.108. The first-order valence-corrected chi connectivity index (χ1v) is 14.4. The maximum Gasteiger partial charge on any atom is 0.192 e. The van der Waals surface area contributed by atoms with Crippen molar-refractivity contribution in [1.29, 1.82) is 0 Å². The number of rotatable bonds is 5. The summed E-state index contributed by atoms with van der Waals surface area (Å²) in [5, 5.41) is 0.489. The summed E-state index contributed by atoms with van der Waals surface area (Å²) in [6, 6.07) is 0. The highest BCUT2D eigenvalue weighted by Crippen LogP contribution is 2.40. The predicted octanol–water partition coefficient (Wildman–Crippen LogP) is 5.05. The summed E-state index contributed by atoms with van der Waals surface area (Å²) in [7, 11) is -3.44. The molecule has 0 bridgehead atoms. The lowest BCUT2D eigenvalue weighted by atomic mass is 10.1. The van der Waals surface area contributed by atoms with Crippen molar-refractivity contribution >= 4 is 16.6 Å². The van der Waals surface area contributed by atoms with Gasteiger partial charge in [-0.25, -0.2) is 0 Å². The highest BCUT2D eigenvalue weighted by Gasteiger charge is 2.43. The summed E-state index contributed by atoms with van der Waals surface area (Å²) in [6.07, 6.45) is 0.200. The molecule has 1 rings (SSSR count). The third-order valence-corrected chi connectivity index (χ3v) is 14.9. The first-order chi connectivity index (χ1) is 9.67. The van der Waals surface area contributed by atoms with Gasteiger partial charge in [0, 0.05) is 12.5 Å². The van der Waals surface area contributed by atoms with Gasteiger partial charge in [-0.3, -0.25) is 0 Å². The molecule has 0 N–H and O–H groups in total. The van der Waals surface area contributed by atoms with E-state index in [2.05, 4.69) is 67.7 Å². The largest absolute Gasteiger partial charge is 0.416 e. The van der Waals surface area contributed by atoms with E-state index in [1.54, 1.807) is 0 Å². The molecule has 1 fully saturated rings. The second-order valence-electron chi connectivity index (χ2n) is 9.79. The first-order valence-electron chi connectivity index (χ1n) is 8.57. The molecule has 0 saturated carbocycles. The van der Waals surface area contributed by atoms with Crippen LogP contribution >= 0.6 is 0 Å². The molecule has 1 saturated heterocycles. The predicted molar refractivity (Wildman–Crippen MR) is 99.5 cm³/mol. The summed E-state index contributed by atoms with van der Waals surface area (Å²) in [5.74, 6) is 0.378. The van der Waals surface area contributed by atoms with Crippen molar-refractivity contribution < 1.29 is 13.6 Å². The summed E-state index contributed by atoms with van der Waals surface area (Å²) >= 11 is 0. The van der Waals surface area contributed by atoms with Crippen molar-refractivity contribution in [3.63, 3.8) is 0 Å². The van der Waals surface area contributed by atoms with Crippen LogP contribution in [0.2, 0.25) is 36.3 Å². The Kier molecular flexibility index (Phi) is 6.17. The van der Waals surface area contributed by atoms with E-state index in [1.807, 2.05) is 0 Å². The summed E-state index contributed by atoms with van der Waals surface area (Å²) < 4.78 is 18.7. The van der Waals surface area contributed by atoms with Gasteiger partial charge in [-0.1, -0.05) is 41.5 Å².